The topological polar surface area (TPSA) is 128 Å². The van der Waals surface area contributed by atoms with Crippen molar-refractivity contribution in [1.82, 2.24) is 24.3 Å². The molecule has 2 aromatic heterocycles. The van der Waals surface area contributed by atoms with Gasteiger partial charge in [-0.25, -0.2) is 19.6 Å². The highest BCUT2D eigenvalue weighted by atomic mass is 16.6. The van der Waals surface area contributed by atoms with Crippen molar-refractivity contribution in [2.24, 2.45) is 11.1 Å². The average Bonchev–Trinajstić information content (AvgIpc) is 3.63. The van der Waals surface area contributed by atoms with Gasteiger partial charge in [0.2, 0.25) is 0 Å². The van der Waals surface area contributed by atoms with E-state index >= 15 is 0 Å². The summed E-state index contributed by atoms with van der Waals surface area (Å²) in [5, 5.41) is 4.14. The Bertz CT molecular complexity index is 1490. The maximum atomic E-state index is 13.5. The highest BCUT2D eigenvalue weighted by Gasteiger charge is 2.40. The van der Waals surface area contributed by atoms with Crippen LogP contribution in [0.1, 0.15) is 121 Å². The lowest BCUT2D eigenvalue weighted by Crippen LogP contribution is -2.47. The molecule has 1 saturated carbocycles. The monoisotopic (exact) mass is 695 g/mol. The second-order valence-corrected chi connectivity index (χ2v) is 16.6. The summed E-state index contributed by atoms with van der Waals surface area (Å²) in [6.45, 7) is 24.5. The summed E-state index contributed by atoms with van der Waals surface area (Å²) < 4.78 is 19.9. The fourth-order valence-electron chi connectivity index (χ4n) is 5.74. The van der Waals surface area contributed by atoms with Crippen molar-refractivity contribution >= 4 is 36.2 Å². The number of nitroso groups, excluding NO2 is 1. The quantitative estimate of drug-likeness (QED) is 0.106. The van der Waals surface area contributed by atoms with Crippen molar-refractivity contribution in [2.45, 2.75) is 144 Å². The van der Waals surface area contributed by atoms with Crippen LogP contribution in [0.2, 0.25) is 0 Å². The molecule has 0 aliphatic heterocycles. The number of carbonyl (C=O) groups is 2. The maximum Gasteiger partial charge on any atom is 0.410 e. The van der Waals surface area contributed by atoms with Crippen LogP contribution < -0.4 is 5.46 Å². The number of ether oxygens (including phenoxy) is 2. The largest absolute Gasteiger partial charge is 0.444 e. The predicted molar refractivity (Wildman–Crippen MR) is 199 cm³/mol. The van der Waals surface area contributed by atoms with E-state index in [9.17, 15) is 14.5 Å². The molecule has 12 nitrogen and oxygen atoms in total. The molecule has 0 spiro atoms. The van der Waals surface area contributed by atoms with E-state index in [0.717, 1.165) is 42.2 Å². The van der Waals surface area contributed by atoms with Gasteiger partial charge in [-0.2, -0.15) is 4.91 Å². The number of aromatic nitrogens is 3. The van der Waals surface area contributed by atoms with Gasteiger partial charge in [-0.05, 0) is 127 Å². The fraction of sp³-hybridized carbons (Fsp3) is 0.730. The molecular weight excluding hydrogens is 635 g/mol. The van der Waals surface area contributed by atoms with Gasteiger partial charge >= 0.3 is 19.7 Å². The highest BCUT2D eigenvalue weighted by molar-refractivity contribution is 6.51. The maximum absolute atomic E-state index is 13.5. The van der Waals surface area contributed by atoms with Crippen LogP contribution in [0.25, 0.3) is 11.0 Å². The molecule has 2 atom stereocenters. The Morgan fingerprint density at radius 3 is 2.20 bits per heavy atom. The van der Waals surface area contributed by atoms with Crippen LogP contribution in [0.4, 0.5) is 9.59 Å². The Morgan fingerprint density at radius 1 is 0.980 bits per heavy atom. The minimum Gasteiger partial charge on any atom is -0.444 e. The summed E-state index contributed by atoms with van der Waals surface area (Å²) in [4.78, 5) is 50.5. The third-order valence-corrected chi connectivity index (χ3v) is 9.52. The van der Waals surface area contributed by atoms with Gasteiger partial charge in [0.15, 0.2) is 0 Å². The molecule has 277 valence electrons. The minimum atomic E-state index is -0.934. The van der Waals surface area contributed by atoms with Crippen LogP contribution in [0.15, 0.2) is 35.5 Å². The Balaban J connectivity index is 1.74. The van der Waals surface area contributed by atoms with Crippen molar-refractivity contribution in [1.29, 1.82) is 0 Å². The van der Waals surface area contributed by atoms with E-state index in [0.29, 0.717) is 32.6 Å². The molecule has 2 heterocycles. The summed E-state index contributed by atoms with van der Waals surface area (Å²) in [6.07, 6.45) is 10.8. The van der Waals surface area contributed by atoms with E-state index in [1.807, 2.05) is 68.5 Å². The number of fused-ring (bicyclic) bond motifs is 1. The lowest BCUT2D eigenvalue weighted by atomic mass is 9.81. The van der Waals surface area contributed by atoms with E-state index in [2.05, 4.69) is 32.7 Å². The van der Waals surface area contributed by atoms with E-state index in [4.69, 9.17) is 14.1 Å². The lowest BCUT2D eigenvalue weighted by Gasteiger charge is -2.36. The molecule has 0 N–H and O–H groups in total. The smallest absolute Gasteiger partial charge is 0.410 e. The number of rotatable bonds is 15. The first-order valence-corrected chi connectivity index (χ1v) is 17.9. The highest BCUT2D eigenvalue weighted by Crippen LogP contribution is 2.37. The molecule has 1 aliphatic rings. The van der Waals surface area contributed by atoms with Gasteiger partial charge in [0.1, 0.15) is 28.7 Å². The predicted octanol–water partition coefficient (Wildman–Crippen LogP) is 7.58. The summed E-state index contributed by atoms with van der Waals surface area (Å²) in [5.41, 5.74) is -0.166. The van der Waals surface area contributed by atoms with E-state index < -0.39 is 22.3 Å². The molecule has 1 radical (unpaired) electrons. The van der Waals surface area contributed by atoms with Gasteiger partial charge < -0.3 is 28.5 Å². The van der Waals surface area contributed by atoms with E-state index in [1.165, 1.54) is 5.57 Å². The van der Waals surface area contributed by atoms with Crippen molar-refractivity contribution in [3.05, 3.63) is 35.3 Å². The third-order valence-electron chi connectivity index (χ3n) is 9.52. The first-order chi connectivity index (χ1) is 23.2. The van der Waals surface area contributed by atoms with Gasteiger partial charge in [0.05, 0.1) is 5.60 Å². The fourth-order valence-corrected chi connectivity index (χ4v) is 5.74. The molecule has 0 unspecified atom stereocenters. The minimum absolute atomic E-state index is 0.165. The zero-order valence-electron chi connectivity index (χ0n) is 32.5. The molecule has 1 aliphatic carbocycles. The molecule has 0 aromatic carbocycles. The molecule has 1 fully saturated rings. The summed E-state index contributed by atoms with van der Waals surface area (Å²) in [7, 11) is 1.67. The van der Waals surface area contributed by atoms with Crippen LogP contribution in [-0.4, -0.2) is 92.5 Å². The molecule has 13 heteroatoms. The Morgan fingerprint density at radius 2 is 1.60 bits per heavy atom. The Hall–Kier alpha value is -3.48. The van der Waals surface area contributed by atoms with Crippen molar-refractivity contribution in [3.63, 3.8) is 0 Å². The Kier molecular flexibility index (Phi) is 13.7. The standard InChI is InChI=1S/C37H60BN6O6/c1-13-26(2)17-20-42(32(45)48-34(3,4)5)18-14-19-43(33(46)49-35(6,7)8)23-27-15-16-28(21-27)44-24-30(29-22-39-25-40-31(29)44)38-50-37(11,12)36(9,10)41-47/h13,22,24-25,27-28H,14-21,23H2,1-12H3/b26-13+/t27-,28+/m1/s1. The number of hydrogen-bond acceptors (Lipinski definition) is 9. The zero-order chi connectivity index (χ0) is 37.5. The zero-order valence-corrected chi connectivity index (χ0v) is 32.5. The van der Waals surface area contributed by atoms with Gasteiger partial charge in [-0.3, -0.25) is 0 Å². The molecule has 0 bridgehead atoms. The van der Waals surface area contributed by atoms with Gasteiger partial charge in [-0.1, -0.05) is 16.8 Å². The number of nitrogens with zero attached hydrogens (tertiary/aromatic N) is 6. The number of allylic oxidation sites excluding steroid dienone is 1. The van der Waals surface area contributed by atoms with Crippen molar-refractivity contribution in [3.8, 4) is 0 Å². The molecule has 50 heavy (non-hydrogen) atoms. The first-order valence-electron chi connectivity index (χ1n) is 17.9. The van der Waals surface area contributed by atoms with Crippen LogP contribution >= 0.6 is 0 Å². The van der Waals surface area contributed by atoms with Gasteiger partial charge in [0.25, 0.3) is 0 Å². The van der Waals surface area contributed by atoms with Crippen LogP contribution in [-0.2, 0) is 14.1 Å². The van der Waals surface area contributed by atoms with Gasteiger partial charge in [-0.15, -0.1) is 0 Å². The van der Waals surface area contributed by atoms with Crippen molar-refractivity contribution in [2.75, 3.05) is 26.2 Å². The second kappa shape index (κ2) is 16.7. The molecule has 3 rings (SSSR count). The molecule has 2 aromatic rings. The molecule has 0 saturated heterocycles. The van der Waals surface area contributed by atoms with Crippen LogP contribution in [0.3, 0.4) is 0 Å². The normalized spacial score (nSPS) is 17.5. The average molecular weight is 696 g/mol. The number of hydrogen-bond donors (Lipinski definition) is 0. The first kappa shape index (κ1) is 41.0. The van der Waals surface area contributed by atoms with Crippen molar-refractivity contribution < 1.29 is 23.7 Å². The number of carbonyl (C=O) groups excluding carboxylic acids is 2. The third kappa shape index (κ3) is 11.5. The summed E-state index contributed by atoms with van der Waals surface area (Å²) in [5.74, 6) is 0.244. The van der Waals surface area contributed by atoms with Crippen LogP contribution in [0.5, 0.6) is 0 Å². The van der Waals surface area contributed by atoms with Crippen LogP contribution in [0, 0.1) is 10.8 Å². The molecular formula is C37H60BN6O6. The van der Waals surface area contributed by atoms with Gasteiger partial charge in [0, 0.05) is 50.0 Å². The second-order valence-electron chi connectivity index (χ2n) is 16.6. The number of amides is 2. The lowest BCUT2D eigenvalue weighted by molar-refractivity contribution is 0.0186. The van der Waals surface area contributed by atoms with E-state index in [1.54, 1.807) is 43.7 Å². The molecule has 2 amide bonds. The summed E-state index contributed by atoms with van der Waals surface area (Å²) >= 11 is 0. The summed E-state index contributed by atoms with van der Waals surface area (Å²) in [6, 6.07) is 0.165. The SMILES string of the molecule is C/C=C(\C)CCN(CCCN(C[C@@H]1CC[C@H](n2cc([B]OC(C)(C)C(C)(C)N=O)c3cncnc32)C1)C(=O)OC(C)(C)C)C(=O)OC(C)(C)C. The Labute approximate surface area is 299 Å². The van der Waals surface area contributed by atoms with E-state index in [-0.39, 0.29) is 24.1 Å².